The summed E-state index contributed by atoms with van der Waals surface area (Å²) < 4.78 is 5.96. The molecule has 0 radical (unpaired) electrons. The molecule has 0 saturated carbocycles. The molecule has 1 unspecified atom stereocenters. The van der Waals surface area contributed by atoms with E-state index in [2.05, 4.69) is 16.7 Å². The lowest BCUT2D eigenvalue weighted by molar-refractivity contribution is -0.121. The molecule has 3 aliphatic heterocycles. The zero-order valence-corrected chi connectivity index (χ0v) is 17.5. The van der Waals surface area contributed by atoms with Crippen molar-refractivity contribution in [2.45, 2.75) is 57.5 Å². The monoisotopic (exact) mass is 401 g/mol. The van der Waals surface area contributed by atoms with Crippen LogP contribution >= 0.6 is 0 Å². The van der Waals surface area contributed by atoms with Gasteiger partial charge in [0, 0.05) is 36.6 Å². The van der Waals surface area contributed by atoms with Crippen molar-refractivity contribution in [1.82, 2.24) is 15.5 Å². The standard InChI is InChI=1S/C20H25N3O4.C2H6/c1-21-18(25)3-2-14(11-24)23-10-13-8-16-17(9-15(13)19(23)26)27-12-20(16)4-6-22-7-5-20;1-2/h8-9,11,14,22H,2-7,10,12H2,1H3,(H,21,25);1-2H3. The first-order chi connectivity index (χ1) is 14.1. The van der Waals surface area contributed by atoms with Gasteiger partial charge in [-0.3, -0.25) is 9.59 Å². The molecule has 1 aromatic rings. The Morgan fingerprint density at radius 2 is 2.07 bits per heavy atom. The summed E-state index contributed by atoms with van der Waals surface area (Å²) in [5, 5.41) is 5.94. The lowest BCUT2D eigenvalue weighted by atomic mass is 9.74. The molecule has 0 aliphatic carbocycles. The molecule has 1 atom stereocenters. The van der Waals surface area contributed by atoms with Crippen molar-refractivity contribution in [2.24, 2.45) is 0 Å². The molecular weight excluding hydrogens is 370 g/mol. The third kappa shape index (κ3) is 3.88. The first-order valence-corrected chi connectivity index (χ1v) is 10.6. The van der Waals surface area contributed by atoms with Crippen LogP contribution in [0.1, 0.15) is 61.0 Å². The number of nitrogens with zero attached hydrogens (tertiary/aromatic N) is 1. The molecule has 3 aliphatic rings. The third-order valence-corrected chi connectivity index (χ3v) is 6.18. The zero-order chi connectivity index (χ0) is 21.0. The van der Waals surface area contributed by atoms with Crippen LogP contribution in [0.4, 0.5) is 0 Å². The van der Waals surface area contributed by atoms with E-state index in [4.69, 9.17) is 4.74 Å². The number of piperidine rings is 1. The lowest BCUT2D eigenvalue weighted by Crippen LogP contribution is -2.41. The number of carbonyl (C=O) groups excluding carboxylic acids is 3. The van der Waals surface area contributed by atoms with Crippen molar-refractivity contribution in [2.75, 3.05) is 26.7 Å². The number of benzene rings is 1. The van der Waals surface area contributed by atoms with Gasteiger partial charge >= 0.3 is 0 Å². The van der Waals surface area contributed by atoms with E-state index in [-0.39, 0.29) is 23.7 Å². The molecule has 158 valence electrons. The highest BCUT2D eigenvalue weighted by Gasteiger charge is 2.44. The number of nitrogens with one attached hydrogen (secondary N) is 2. The predicted molar refractivity (Wildman–Crippen MR) is 110 cm³/mol. The number of aldehydes is 1. The number of hydrogen-bond acceptors (Lipinski definition) is 5. The van der Waals surface area contributed by atoms with Crippen LogP contribution in [0.3, 0.4) is 0 Å². The largest absolute Gasteiger partial charge is 0.492 e. The van der Waals surface area contributed by atoms with Gasteiger partial charge in [-0.25, -0.2) is 0 Å². The van der Waals surface area contributed by atoms with Crippen molar-refractivity contribution in [3.63, 3.8) is 0 Å². The summed E-state index contributed by atoms with van der Waals surface area (Å²) in [7, 11) is 1.56. The second kappa shape index (κ2) is 8.95. The van der Waals surface area contributed by atoms with Crippen LogP contribution in [0.2, 0.25) is 0 Å². The van der Waals surface area contributed by atoms with Gasteiger partial charge in [0.2, 0.25) is 5.91 Å². The van der Waals surface area contributed by atoms with Gasteiger partial charge in [0.05, 0.1) is 12.6 Å². The first-order valence-electron chi connectivity index (χ1n) is 10.6. The fourth-order valence-corrected chi connectivity index (χ4v) is 4.48. The fourth-order valence-electron chi connectivity index (χ4n) is 4.48. The normalized spacial score (nSPS) is 19.6. The van der Waals surface area contributed by atoms with Gasteiger partial charge in [-0.1, -0.05) is 13.8 Å². The highest BCUT2D eigenvalue weighted by molar-refractivity contribution is 6.00. The molecule has 2 amide bonds. The second-order valence-corrected chi connectivity index (χ2v) is 7.67. The average Bonchev–Trinajstić information content (AvgIpc) is 3.27. The number of ether oxygens (including phenoxy) is 1. The van der Waals surface area contributed by atoms with Crippen LogP contribution in [0.5, 0.6) is 5.75 Å². The predicted octanol–water partition coefficient (Wildman–Crippen LogP) is 1.78. The molecule has 1 aromatic carbocycles. The van der Waals surface area contributed by atoms with Crippen molar-refractivity contribution in [3.05, 3.63) is 28.8 Å². The molecule has 29 heavy (non-hydrogen) atoms. The molecule has 7 nitrogen and oxygen atoms in total. The van der Waals surface area contributed by atoms with Gasteiger partial charge in [0.15, 0.2) is 0 Å². The van der Waals surface area contributed by atoms with Crippen molar-refractivity contribution >= 4 is 18.1 Å². The van der Waals surface area contributed by atoms with Crippen molar-refractivity contribution < 1.29 is 19.1 Å². The minimum absolute atomic E-state index is 0.0371. The third-order valence-electron chi connectivity index (χ3n) is 6.18. The van der Waals surface area contributed by atoms with Crippen LogP contribution in [0.25, 0.3) is 0 Å². The topological polar surface area (TPSA) is 87.7 Å². The van der Waals surface area contributed by atoms with Crippen molar-refractivity contribution in [3.8, 4) is 5.75 Å². The van der Waals surface area contributed by atoms with Crippen molar-refractivity contribution in [1.29, 1.82) is 0 Å². The molecule has 0 aromatic heterocycles. The number of amides is 2. The van der Waals surface area contributed by atoms with E-state index in [1.54, 1.807) is 11.9 Å². The maximum Gasteiger partial charge on any atom is 0.255 e. The Labute approximate surface area is 172 Å². The van der Waals surface area contributed by atoms with Gasteiger partial charge in [0.25, 0.3) is 5.91 Å². The van der Waals surface area contributed by atoms with E-state index in [0.29, 0.717) is 25.1 Å². The van der Waals surface area contributed by atoms with Gasteiger partial charge in [0.1, 0.15) is 12.0 Å². The van der Waals surface area contributed by atoms with Gasteiger partial charge in [-0.15, -0.1) is 0 Å². The van der Waals surface area contributed by atoms with Gasteiger partial charge in [-0.2, -0.15) is 0 Å². The summed E-state index contributed by atoms with van der Waals surface area (Å²) in [4.78, 5) is 37.5. The molecular formula is C22H31N3O4. The molecule has 4 rings (SSSR count). The minimum atomic E-state index is -0.592. The van der Waals surface area contributed by atoms with E-state index in [1.165, 1.54) is 5.56 Å². The van der Waals surface area contributed by atoms with E-state index in [1.807, 2.05) is 19.9 Å². The van der Waals surface area contributed by atoms with Crippen LogP contribution in [-0.4, -0.2) is 55.8 Å². The fraction of sp³-hybridized carbons (Fsp3) is 0.591. The smallest absolute Gasteiger partial charge is 0.255 e. The van der Waals surface area contributed by atoms with E-state index >= 15 is 0 Å². The Hall–Kier alpha value is -2.41. The Balaban J connectivity index is 0.00000117. The Morgan fingerprint density at radius 1 is 1.34 bits per heavy atom. The number of rotatable bonds is 5. The number of fused-ring (bicyclic) bond motifs is 3. The molecule has 1 spiro atoms. The summed E-state index contributed by atoms with van der Waals surface area (Å²) in [6, 6.07) is 3.37. The summed E-state index contributed by atoms with van der Waals surface area (Å²) in [5.74, 6) is 0.516. The number of hydrogen-bond donors (Lipinski definition) is 2. The molecule has 0 bridgehead atoms. The summed E-state index contributed by atoms with van der Waals surface area (Å²) in [6.45, 7) is 7.02. The highest BCUT2D eigenvalue weighted by atomic mass is 16.5. The molecule has 1 fully saturated rings. The Morgan fingerprint density at radius 3 is 2.72 bits per heavy atom. The molecule has 7 heteroatoms. The molecule has 3 heterocycles. The molecule has 1 saturated heterocycles. The van der Waals surface area contributed by atoms with Crippen LogP contribution in [-0.2, 0) is 21.5 Å². The zero-order valence-electron chi connectivity index (χ0n) is 17.5. The summed E-state index contributed by atoms with van der Waals surface area (Å²) >= 11 is 0. The quantitative estimate of drug-likeness (QED) is 0.735. The van der Waals surface area contributed by atoms with E-state index < -0.39 is 6.04 Å². The SMILES string of the molecule is CC.CNC(=O)CCC(C=O)N1Cc2cc3c(cc2C1=O)OCC31CCNCC1. The minimum Gasteiger partial charge on any atom is -0.492 e. The lowest BCUT2D eigenvalue weighted by Gasteiger charge is -2.32. The summed E-state index contributed by atoms with van der Waals surface area (Å²) in [5.41, 5.74) is 2.81. The maximum absolute atomic E-state index is 12.9. The van der Waals surface area contributed by atoms with Crippen LogP contribution in [0.15, 0.2) is 12.1 Å². The second-order valence-electron chi connectivity index (χ2n) is 7.67. The summed E-state index contributed by atoms with van der Waals surface area (Å²) in [6.07, 6.45) is 3.37. The van der Waals surface area contributed by atoms with Crippen LogP contribution in [0, 0.1) is 0 Å². The van der Waals surface area contributed by atoms with Crippen LogP contribution < -0.4 is 15.4 Å². The van der Waals surface area contributed by atoms with E-state index in [9.17, 15) is 14.4 Å². The number of carbonyl (C=O) groups is 3. The maximum atomic E-state index is 12.9. The first kappa shape index (κ1) is 21.3. The molecule has 2 N–H and O–H groups in total. The van der Waals surface area contributed by atoms with Gasteiger partial charge < -0.3 is 25.1 Å². The Bertz CT molecular complexity index is 787. The van der Waals surface area contributed by atoms with Gasteiger partial charge in [-0.05, 0) is 50.0 Å². The van der Waals surface area contributed by atoms with E-state index in [0.717, 1.165) is 43.5 Å². The Kier molecular flexibility index (Phi) is 6.57. The average molecular weight is 402 g/mol. The highest BCUT2D eigenvalue weighted by Crippen LogP contribution is 2.46.